The molecule has 0 saturated carbocycles. The van der Waals surface area contributed by atoms with Crippen LogP contribution < -0.4 is 4.74 Å². The van der Waals surface area contributed by atoms with Crippen molar-refractivity contribution >= 4 is 11.3 Å². The summed E-state index contributed by atoms with van der Waals surface area (Å²) in [6.45, 7) is 0.586. The first-order valence-electron chi connectivity index (χ1n) is 4.91. The molecule has 0 saturated heterocycles. The summed E-state index contributed by atoms with van der Waals surface area (Å²) in [4.78, 5) is 4.78. The van der Waals surface area contributed by atoms with Crippen molar-refractivity contribution < 1.29 is 4.74 Å². The van der Waals surface area contributed by atoms with Gasteiger partial charge < -0.3 is 4.74 Å². The van der Waals surface area contributed by atoms with Gasteiger partial charge >= 0.3 is 0 Å². The summed E-state index contributed by atoms with van der Waals surface area (Å²) >= 11 is 1.42. The lowest BCUT2D eigenvalue weighted by molar-refractivity contribution is 0.322. The molecule has 1 heterocycles. The zero-order chi connectivity index (χ0) is 11.2. The van der Waals surface area contributed by atoms with Crippen molar-refractivity contribution in [2.45, 2.75) is 6.42 Å². The summed E-state index contributed by atoms with van der Waals surface area (Å²) in [5.41, 5.74) is 0. The van der Waals surface area contributed by atoms with E-state index in [1.165, 1.54) is 11.3 Å². The largest absolute Gasteiger partial charge is 0.493 e. The van der Waals surface area contributed by atoms with Gasteiger partial charge in [0.15, 0.2) is 0 Å². The van der Waals surface area contributed by atoms with Crippen LogP contribution in [0.1, 0.15) is 9.88 Å². The Labute approximate surface area is 97.9 Å². The molecule has 16 heavy (non-hydrogen) atoms. The fourth-order valence-electron chi connectivity index (χ4n) is 1.25. The summed E-state index contributed by atoms with van der Waals surface area (Å²) in [5.74, 6) is 0.861. The van der Waals surface area contributed by atoms with Gasteiger partial charge in [0.1, 0.15) is 16.7 Å². The van der Waals surface area contributed by atoms with Crippen LogP contribution in [0.3, 0.4) is 0 Å². The zero-order valence-corrected chi connectivity index (χ0v) is 9.41. The third kappa shape index (κ3) is 2.81. The van der Waals surface area contributed by atoms with E-state index in [9.17, 15) is 0 Å². The highest BCUT2D eigenvalue weighted by atomic mass is 32.1. The summed E-state index contributed by atoms with van der Waals surface area (Å²) < 4.78 is 5.54. The SMILES string of the molecule is N#Cc1cnc(CCOc2ccccc2)s1. The Morgan fingerprint density at radius 2 is 2.12 bits per heavy atom. The summed E-state index contributed by atoms with van der Waals surface area (Å²) in [6.07, 6.45) is 2.34. The van der Waals surface area contributed by atoms with Gasteiger partial charge in [0.25, 0.3) is 0 Å². The Bertz CT molecular complexity index is 487. The van der Waals surface area contributed by atoms with E-state index in [4.69, 9.17) is 10.00 Å². The highest BCUT2D eigenvalue weighted by Gasteiger charge is 2.01. The maximum atomic E-state index is 8.64. The molecule has 0 atom stereocenters. The van der Waals surface area contributed by atoms with Gasteiger partial charge in [-0.25, -0.2) is 4.98 Å². The smallest absolute Gasteiger partial charge is 0.124 e. The number of benzene rings is 1. The molecule has 4 heteroatoms. The first-order chi connectivity index (χ1) is 7.88. The van der Waals surface area contributed by atoms with Crippen LogP contribution in [0.15, 0.2) is 36.5 Å². The standard InChI is InChI=1S/C12H10N2OS/c13-8-11-9-14-12(16-11)6-7-15-10-4-2-1-3-5-10/h1-5,9H,6-7H2. The van der Waals surface area contributed by atoms with E-state index in [1.807, 2.05) is 30.3 Å². The molecular formula is C12H10N2OS. The number of para-hydroxylation sites is 1. The van der Waals surface area contributed by atoms with Gasteiger partial charge in [0.05, 0.1) is 17.8 Å². The van der Waals surface area contributed by atoms with Crippen LogP contribution in [-0.2, 0) is 6.42 Å². The minimum absolute atomic E-state index is 0.586. The van der Waals surface area contributed by atoms with E-state index in [0.717, 1.165) is 17.2 Å². The second kappa shape index (κ2) is 5.29. The van der Waals surface area contributed by atoms with Crippen molar-refractivity contribution in [3.8, 4) is 11.8 Å². The lowest BCUT2D eigenvalue weighted by Gasteiger charge is -2.03. The molecule has 3 nitrogen and oxygen atoms in total. The van der Waals surface area contributed by atoms with Crippen LogP contribution in [0.2, 0.25) is 0 Å². The predicted octanol–water partition coefficient (Wildman–Crippen LogP) is 2.64. The highest BCUT2D eigenvalue weighted by Crippen LogP contribution is 2.13. The molecule has 0 aliphatic heterocycles. The molecule has 0 aliphatic carbocycles. The average Bonchev–Trinajstić information content (AvgIpc) is 2.78. The molecular weight excluding hydrogens is 220 g/mol. The van der Waals surface area contributed by atoms with Gasteiger partial charge in [0, 0.05) is 6.42 Å². The Balaban J connectivity index is 1.83. The van der Waals surface area contributed by atoms with Crippen LogP contribution in [0.4, 0.5) is 0 Å². The van der Waals surface area contributed by atoms with Crippen LogP contribution >= 0.6 is 11.3 Å². The number of ether oxygens (including phenoxy) is 1. The van der Waals surface area contributed by atoms with Gasteiger partial charge in [0.2, 0.25) is 0 Å². The maximum Gasteiger partial charge on any atom is 0.124 e. The number of aromatic nitrogens is 1. The monoisotopic (exact) mass is 230 g/mol. The van der Waals surface area contributed by atoms with E-state index in [-0.39, 0.29) is 0 Å². The Morgan fingerprint density at radius 3 is 2.81 bits per heavy atom. The molecule has 0 bridgehead atoms. The maximum absolute atomic E-state index is 8.64. The third-order valence-corrected chi connectivity index (χ3v) is 2.95. The molecule has 0 aliphatic rings. The first kappa shape index (κ1) is 10.7. The number of nitriles is 1. The fourth-order valence-corrected chi connectivity index (χ4v) is 1.95. The minimum atomic E-state index is 0.586. The van der Waals surface area contributed by atoms with Gasteiger partial charge in [-0.3, -0.25) is 0 Å². The van der Waals surface area contributed by atoms with Gasteiger partial charge in [-0.05, 0) is 12.1 Å². The lowest BCUT2D eigenvalue weighted by atomic mass is 10.3. The normalized spacial score (nSPS) is 9.69. The number of hydrogen-bond acceptors (Lipinski definition) is 4. The van der Waals surface area contributed by atoms with Crippen molar-refractivity contribution in [1.29, 1.82) is 5.26 Å². The van der Waals surface area contributed by atoms with Gasteiger partial charge in [-0.15, -0.1) is 11.3 Å². The van der Waals surface area contributed by atoms with Crippen LogP contribution in [0, 0.1) is 11.3 Å². The molecule has 0 unspecified atom stereocenters. The second-order valence-corrected chi connectivity index (χ2v) is 4.26. The van der Waals surface area contributed by atoms with Crippen LogP contribution in [0.5, 0.6) is 5.75 Å². The Morgan fingerprint density at radius 1 is 1.31 bits per heavy atom. The van der Waals surface area contributed by atoms with Crippen molar-refractivity contribution in [2.75, 3.05) is 6.61 Å². The van der Waals surface area contributed by atoms with Crippen LogP contribution in [0.25, 0.3) is 0 Å². The van der Waals surface area contributed by atoms with Gasteiger partial charge in [-0.2, -0.15) is 5.26 Å². The summed E-state index contributed by atoms with van der Waals surface area (Å²) in [7, 11) is 0. The molecule has 0 amide bonds. The third-order valence-electron chi connectivity index (χ3n) is 1.99. The summed E-state index contributed by atoms with van der Waals surface area (Å²) in [6, 6.07) is 11.7. The van der Waals surface area contributed by atoms with E-state index >= 15 is 0 Å². The quantitative estimate of drug-likeness (QED) is 0.811. The Kier molecular flexibility index (Phi) is 3.52. The minimum Gasteiger partial charge on any atom is -0.493 e. The fraction of sp³-hybridized carbons (Fsp3) is 0.167. The Hall–Kier alpha value is -1.86. The number of thiazole rings is 1. The molecule has 0 radical (unpaired) electrons. The topological polar surface area (TPSA) is 45.9 Å². The van der Waals surface area contributed by atoms with E-state index in [1.54, 1.807) is 6.20 Å². The zero-order valence-electron chi connectivity index (χ0n) is 8.59. The highest BCUT2D eigenvalue weighted by molar-refractivity contribution is 7.12. The lowest BCUT2D eigenvalue weighted by Crippen LogP contribution is -2.00. The molecule has 0 fully saturated rings. The average molecular weight is 230 g/mol. The van der Waals surface area contributed by atoms with Crippen molar-refractivity contribution in [3.63, 3.8) is 0 Å². The molecule has 1 aromatic carbocycles. The number of hydrogen-bond donors (Lipinski definition) is 0. The molecule has 80 valence electrons. The molecule has 2 rings (SSSR count). The van der Waals surface area contributed by atoms with E-state index in [2.05, 4.69) is 11.1 Å². The first-order valence-corrected chi connectivity index (χ1v) is 5.73. The predicted molar refractivity (Wildman–Crippen MR) is 62.5 cm³/mol. The van der Waals surface area contributed by atoms with Crippen molar-refractivity contribution in [1.82, 2.24) is 4.98 Å². The van der Waals surface area contributed by atoms with Crippen molar-refractivity contribution in [3.05, 3.63) is 46.4 Å². The van der Waals surface area contributed by atoms with Crippen LogP contribution in [-0.4, -0.2) is 11.6 Å². The number of nitrogens with zero attached hydrogens (tertiary/aromatic N) is 2. The second-order valence-electron chi connectivity index (χ2n) is 3.14. The number of rotatable bonds is 4. The van der Waals surface area contributed by atoms with Gasteiger partial charge in [-0.1, -0.05) is 18.2 Å². The summed E-state index contributed by atoms with van der Waals surface area (Å²) in [5, 5.41) is 9.58. The van der Waals surface area contributed by atoms with E-state index in [0.29, 0.717) is 11.5 Å². The molecule has 1 aromatic heterocycles. The molecule has 0 N–H and O–H groups in total. The van der Waals surface area contributed by atoms with E-state index < -0.39 is 0 Å². The van der Waals surface area contributed by atoms with Crippen molar-refractivity contribution in [2.24, 2.45) is 0 Å². The molecule has 2 aromatic rings. The molecule has 0 spiro atoms.